The fraction of sp³-hybridized carbons (Fsp3) is 0.412. The summed E-state index contributed by atoms with van der Waals surface area (Å²) in [7, 11) is 1.78. The van der Waals surface area contributed by atoms with Crippen LogP contribution in [0.4, 0.5) is 0 Å². The molecule has 0 spiro atoms. The highest BCUT2D eigenvalue weighted by atomic mass is 32.1. The molecule has 0 aliphatic carbocycles. The van der Waals surface area contributed by atoms with E-state index in [1.165, 1.54) is 4.88 Å². The maximum Gasteiger partial charge on any atom is 0.191 e. The van der Waals surface area contributed by atoms with E-state index in [9.17, 15) is 0 Å². The third-order valence-electron chi connectivity index (χ3n) is 3.19. The molecule has 6 heteroatoms. The fourth-order valence-electron chi connectivity index (χ4n) is 2.12. The Morgan fingerprint density at radius 2 is 2.22 bits per heavy atom. The number of hydrogen-bond donors (Lipinski definition) is 2. The van der Waals surface area contributed by atoms with E-state index in [0.717, 1.165) is 35.2 Å². The zero-order valence-electron chi connectivity index (χ0n) is 13.9. The number of aromatic nitrogens is 1. The summed E-state index contributed by atoms with van der Waals surface area (Å²) < 4.78 is 5.52. The van der Waals surface area contributed by atoms with Crippen LogP contribution in [0.25, 0.3) is 0 Å². The second kappa shape index (κ2) is 9.15. The van der Waals surface area contributed by atoms with Crippen molar-refractivity contribution in [2.24, 2.45) is 4.99 Å². The Hall–Kier alpha value is -2.08. The lowest BCUT2D eigenvalue weighted by atomic mass is 10.2. The van der Waals surface area contributed by atoms with Crippen molar-refractivity contribution in [2.75, 3.05) is 20.2 Å². The van der Waals surface area contributed by atoms with Gasteiger partial charge < -0.3 is 15.4 Å². The predicted molar refractivity (Wildman–Crippen MR) is 96.4 cm³/mol. The van der Waals surface area contributed by atoms with Gasteiger partial charge in [0.1, 0.15) is 5.75 Å². The van der Waals surface area contributed by atoms with Crippen LogP contribution in [0.15, 0.2) is 35.5 Å². The lowest BCUT2D eigenvalue weighted by Gasteiger charge is -2.12. The van der Waals surface area contributed by atoms with Crippen molar-refractivity contribution >= 4 is 17.3 Å². The SMILES string of the molecule is CCOc1cccc(CNC(=NC)NCCc2ncc(C)s2)c1. The Labute approximate surface area is 141 Å². The molecule has 1 aromatic heterocycles. The van der Waals surface area contributed by atoms with Crippen LogP contribution in [-0.2, 0) is 13.0 Å². The largest absolute Gasteiger partial charge is 0.494 e. The maximum absolute atomic E-state index is 5.52. The molecule has 1 aromatic carbocycles. The molecule has 5 nitrogen and oxygen atoms in total. The van der Waals surface area contributed by atoms with Crippen molar-refractivity contribution < 1.29 is 4.74 Å². The van der Waals surface area contributed by atoms with Crippen LogP contribution < -0.4 is 15.4 Å². The van der Waals surface area contributed by atoms with Crippen LogP contribution in [0.3, 0.4) is 0 Å². The van der Waals surface area contributed by atoms with Gasteiger partial charge in [-0.05, 0) is 31.5 Å². The number of thiazole rings is 1. The third-order valence-corrected chi connectivity index (χ3v) is 4.17. The van der Waals surface area contributed by atoms with E-state index < -0.39 is 0 Å². The zero-order chi connectivity index (χ0) is 16.5. The molecular formula is C17H24N4OS. The van der Waals surface area contributed by atoms with Gasteiger partial charge in [0.2, 0.25) is 0 Å². The number of aryl methyl sites for hydroxylation is 1. The number of nitrogens with one attached hydrogen (secondary N) is 2. The van der Waals surface area contributed by atoms with Crippen molar-refractivity contribution in [3.8, 4) is 5.75 Å². The fourth-order valence-corrected chi connectivity index (χ4v) is 2.91. The quantitative estimate of drug-likeness (QED) is 0.605. The first-order valence-electron chi connectivity index (χ1n) is 7.79. The molecule has 0 unspecified atom stereocenters. The third kappa shape index (κ3) is 5.90. The van der Waals surface area contributed by atoms with Crippen LogP contribution in [0.1, 0.15) is 22.4 Å². The molecule has 0 aliphatic rings. The molecule has 0 amide bonds. The number of guanidine groups is 1. The molecule has 0 saturated carbocycles. The highest BCUT2D eigenvalue weighted by Crippen LogP contribution is 2.13. The van der Waals surface area contributed by atoms with Crippen LogP contribution in [0.5, 0.6) is 5.75 Å². The predicted octanol–water partition coefficient (Wildman–Crippen LogP) is 2.76. The summed E-state index contributed by atoms with van der Waals surface area (Å²) in [4.78, 5) is 9.85. The highest BCUT2D eigenvalue weighted by Gasteiger charge is 2.02. The van der Waals surface area contributed by atoms with Gasteiger partial charge in [-0.25, -0.2) is 4.98 Å². The molecule has 0 radical (unpaired) electrons. The Bertz CT molecular complexity index is 639. The van der Waals surface area contributed by atoms with Crippen LogP contribution in [0, 0.1) is 6.92 Å². The van der Waals surface area contributed by atoms with Crippen molar-refractivity contribution in [1.82, 2.24) is 15.6 Å². The van der Waals surface area contributed by atoms with Gasteiger partial charge in [0.15, 0.2) is 5.96 Å². The van der Waals surface area contributed by atoms with E-state index in [1.54, 1.807) is 18.4 Å². The molecule has 2 N–H and O–H groups in total. The van der Waals surface area contributed by atoms with Gasteiger partial charge in [-0.2, -0.15) is 0 Å². The Kier molecular flexibility index (Phi) is 6.87. The lowest BCUT2D eigenvalue weighted by molar-refractivity contribution is 0.340. The molecule has 124 valence electrons. The molecule has 2 aromatic rings. The number of benzene rings is 1. The molecule has 0 aliphatic heterocycles. The number of hydrogen-bond acceptors (Lipinski definition) is 4. The van der Waals surface area contributed by atoms with Crippen molar-refractivity contribution in [1.29, 1.82) is 0 Å². The molecule has 23 heavy (non-hydrogen) atoms. The minimum atomic E-state index is 0.677. The van der Waals surface area contributed by atoms with Crippen molar-refractivity contribution in [2.45, 2.75) is 26.8 Å². The number of ether oxygens (including phenoxy) is 1. The minimum absolute atomic E-state index is 0.677. The minimum Gasteiger partial charge on any atom is -0.494 e. The van der Waals surface area contributed by atoms with Gasteiger partial charge in [-0.3, -0.25) is 4.99 Å². The van der Waals surface area contributed by atoms with E-state index in [-0.39, 0.29) is 0 Å². The van der Waals surface area contributed by atoms with Crippen LogP contribution in [-0.4, -0.2) is 31.1 Å². The first-order chi connectivity index (χ1) is 11.2. The Morgan fingerprint density at radius 1 is 1.35 bits per heavy atom. The summed E-state index contributed by atoms with van der Waals surface area (Å²) in [6.45, 7) is 6.25. The van der Waals surface area contributed by atoms with E-state index in [2.05, 4.69) is 33.6 Å². The molecule has 0 bridgehead atoms. The molecule has 0 saturated heterocycles. The summed E-state index contributed by atoms with van der Waals surface area (Å²) in [5.74, 6) is 1.69. The van der Waals surface area contributed by atoms with E-state index in [4.69, 9.17) is 4.74 Å². The normalized spacial score (nSPS) is 11.3. The molecule has 2 rings (SSSR count). The standard InChI is InChI=1S/C17H24N4OS/c1-4-22-15-7-5-6-14(10-15)12-21-17(18-3)19-9-8-16-20-11-13(2)23-16/h5-7,10-11H,4,8-9,12H2,1-3H3,(H2,18,19,21). The average Bonchev–Trinajstić information content (AvgIpc) is 2.97. The Balaban J connectivity index is 1.77. The van der Waals surface area contributed by atoms with Gasteiger partial charge in [-0.15, -0.1) is 11.3 Å². The summed E-state index contributed by atoms with van der Waals surface area (Å²) in [5.41, 5.74) is 1.16. The number of rotatable bonds is 7. The summed E-state index contributed by atoms with van der Waals surface area (Å²) in [5, 5.41) is 7.77. The van der Waals surface area contributed by atoms with E-state index >= 15 is 0 Å². The van der Waals surface area contributed by atoms with E-state index in [0.29, 0.717) is 13.2 Å². The van der Waals surface area contributed by atoms with E-state index in [1.807, 2.05) is 31.3 Å². The average molecular weight is 332 g/mol. The van der Waals surface area contributed by atoms with Crippen molar-refractivity contribution in [3.05, 3.63) is 45.9 Å². The number of nitrogens with zero attached hydrogens (tertiary/aromatic N) is 2. The topological polar surface area (TPSA) is 58.5 Å². The summed E-state index contributed by atoms with van der Waals surface area (Å²) in [6, 6.07) is 8.09. The van der Waals surface area contributed by atoms with Gasteiger partial charge in [0.25, 0.3) is 0 Å². The highest BCUT2D eigenvalue weighted by molar-refractivity contribution is 7.11. The Morgan fingerprint density at radius 3 is 2.91 bits per heavy atom. The zero-order valence-corrected chi connectivity index (χ0v) is 14.7. The summed E-state index contributed by atoms with van der Waals surface area (Å²) >= 11 is 1.74. The van der Waals surface area contributed by atoms with Gasteiger partial charge >= 0.3 is 0 Å². The van der Waals surface area contributed by atoms with Gasteiger partial charge in [-0.1, -0.05) is 12.1 Å². The molecule has 0 atom stereocenters. The first-order valence-corrected chi connectivity index (χ1v) is 8.60. The molecule has 1 heterocycles. The smallest absolute Gasteiger partial charge is 0.191 e. The second-order valence-corrected chi connectivity index (χ2v) is 6.37. The van der Waals surface area contributed by atoms with Crippen molar-refractivity contribution in [3.63, 3.8) is 0 Å². The molecular weight excluding hydrogens is 308 g/mol. The first kappa shape index (κ1) is 17.3. The maximum atomic E-state index is 5.52. The molecule has 0 fully saturated rings. The van der Waals surface area contributed by atoms with Gasteiger partial charge in [0, 0.05) is 37.6 Å². The second-order valence-electron chi connectivity index (χ2n) is 5.05. The van der Waals surface area contributed by atoms with Crippen LogP contribution >= 0.6 is 11.3 Å². The van der Waals surface area contributed by atoms with Gasteiger partial charge in [0.05, 0.1) is 11.6 Å². The van der Waals surface area contributed by atoms with Crippen LogP contribution in [0.2, 0.25) is 0 Å². The number of aliphatic imine (C=N–C) groups is 1. The monoisotopic (exact) mass is 332 g/mol. The summed E-state index contributed by atoms with van der Waals surface area (Å²) in [6.07, 6.45) is 2.82. The lowest BCUT2D eigenvalue weighted by Crippen LogP contribution is -2.37.